The monoisotopic (exact) mass is 423 g/mol. The Bertz CT molecular complexity index is 947. The van der Waals surface area contributed by atoms with Gasteiger partial charge in [-0.15, -0.1) is 0 Å². The second-order valence-electron chi connectivity index (χ2n) is 9.99. The molecule has 3 aliphatic carbocycles. The van der Waals surface area contributed by atoms with Gasteiger partial charge >= 0.3 is 0 Å². The molecule has 0 heterocycles. The average molecular weight is 424 g/mol. The van der Waals surface area contributed by atoms with E-state index in [0.29, 0.717) is 30.6 Å². The highest BCUT2D eigenvalue weighted by Gasteiger charge is 2.55. The Morgan fingerprint density at radius 1 is 1.03 bits per heavy atom. The molecule has 3 aliphatic rings. The molecule has 31 heavy (non-hydrogen) atoms. The van der Waals surface area contributed by atoms with Gasteiger partial charge in [0.2, 0.25) is 0 Å². The highest BCUT2D eigenvalue weighted by molar-refractivity contribution is 5.57. The van der Waals surface area contributed by atoms with Gasteiger partial charge < -0.3 is 14.8 Å². The molecule has 2 saturated carbocycles. The van der Waals surface area contributed by atoms with Crippen molar-refractivity contribution in [1.82, 2.24) is 0 Å². The number of rotatable bonds is 4. The molecule has 2 aromatic carbocycles. The Morgan fingerprint density at radius 2 is 1.87 bits per heavy atom. The number of anilines is 1. The lowest BCUT2D eigenvalue weighted by Crippen LogP contribution is -2.55. The van der Waals surface area contributed by atoms with E-state index in [-0.39, 0.29) is 11.5 Å². The average Bonchev–Trinajstić information content (AvgIpc) is 2.79. The van der Waals surface area contributed by atoms with E-state index in [1.807, 2.05) is 18.2 Å². The number of alkyl halides is 1. The summed E-state index contributed by atoms with van der Waals surface area (Å²) in [4.78, 5) is 0. The molecule has 0 radical (unpaired) electrons. The molecule has 2 fully saturated rings. The number of ether oxygens (including phenoxy) is 2. The molecule has 6 atom stereocenters. The summed E-state index contributed by atoms with van der Waals surface area (Å²) >= 11 is 0. The fourth-order valence-electron chi connectivity index (χ4n) is 6.98. The van der Waals surface area contributed by atoms with Crippen LogP contribution in [0.15, 0.2) is 42.5 Å². The van der Waals surface area contributed by atoms with Gasteiger partial charge in [0, 0.05) is 6.04 Å². The van der Waals surface area contributed by atoms with E-state index >= 15 is 4.39 Å². The zero-order chi connectivity index (χ0) is 21.6. The van der Waals surface area contributed by atoms with Crippen molar-refractivity contribution in [3.8, 4) is 11.5 Å². The van der Waals surface area contributed by atoms with Crippen LogP contribution < -0.4 is 14.8 Å². The van der Waals surface area contributed by atoms with Gasteiger partial charge in [-0.05, 0) is 97.1 Å². The molecular weight excluding hydrogens is 389 g/mol. The predicted octanol–water partition coefficient (Wildman–Crippen LogP) is 6.38. The van der Waals surface area contributed by atoms with E-state index in [1.165, 1.54) is 17.5 Å². The number of hydrogen-bond donors (Lipinski definition) is 1. The van der Waals surface area contributed by atoms with Gasteiger partial charge in [-0.3, -0.25) is 0 Å². The highest BCUT2D eigenvalue weighted by atomic mass is 19.1. The molecule has 0 amide bonds. The molecular formula is C27H34FNO2. The second-order valence-corrected chi connectivity index (χ2v) is 9.99. The third-order valence-electron chi connectivity index (χ3n) is 8.61. The minimum Gasteiger partial charge on any atom is -0.497 e. The summed E-state index contributed by atoms with van der Waals surface area (Å²) in [6.07, 6.45) is 5.06. The smallest absolute Gasteiger partial charge is 0.141 e. The summed E-state index contributed by atoms with van der Waals surface area (Å²) in [5, 5.41) is 3.72. The minimum absolute atomic E-state index is 0.0918. The van der Waals surface area contributed by atoms with Crippen molar-refractivity contribution in [3.63, 3.8) is 0 Å². The van der Waals surface area contributed by atoms with Crippen molar-refractivity contribution >= 4 is 5.69 Å². The van der Waals surface area contributed by atoms with Crippen molar-refractivity contribution in [2.45, 2.75) is 63.6 Å². The number of methoxy groups -OCH3 is 2. The number of halogens is 1. The van der Waals surface area contributed by atoms with Crippen molar-refractivity contribution in [1.29, 1.82) is 0 Å². The first-order valence-corrected chi connectivity index (χ1v) is 11.7. The molecule has 0 bridgehead atoms. The lowest BCUT2D eigenvalue weighted by molar-refractivity contribution is -0.0400. The van der Waals surface area contributed by atoms with Crippen LogP contribution in [-0.4, -0.2) is 26.4 Å². The van der Waals surface area contributed by atoms with Crippen molar-refractivity contribution < 1.29 is 13.9 Å². The zero-order valence-electron chi connectivity index (χ0n) is 18.9. The van der Waals surface area contributed by atoms with E-state index in [9.17, 15) is 0 Å². The fourth-order valence-corrected chi connectivity index (χ4v) is 6.98. The molecule has 4 heteroatoms. The Kier molecular flexibility index (Phi) is 5.35. The Morgan fingerprint density at radius 3 is 2.68 bits per heavy atom. The van der Waals surface area contributed by atoms with Crippen LogP contribution in [0.1, 0.15) is 56.1 Å². The molecule has 0 aromatic heterocycles. The fraction of sp³-hybridized carbons (Fsp3) is 0.556. The normalized spacial score (nSPS) is 34.1. The predicted molar refractivity (Wildman–Crippen MR) is 123 cm³/mol. The summed E-state index contributed by atoms with van der Waals surface area (Å²) in [5.74, 6) is 3.28. The van der Waals surface area contributed by atoms with Crippen LogP contribution in [0.3, 0.4) is 0 Å². The molecule has 166 valence electrons. The maximum absolute atomic E-state index is 15.1. The van der Waals surface area contributed by atoms with Gasteiger partial charge in [0.15, 0.2) is 0 Å². The summed E-state index contributed by atoms with van der Waals surface area (Å²) < 4.78 is 26.1. The Hall–Kier alpha value is -2.23. The summed E-state index contributed by atoms with van der Waals surface area (Å²) in [6.45, 7) is 2.41. The number of hydrogen-bond acceptors (Lipinski definition) is 3. The van der Waals surface area contributed by atoms with Gasteiger partial charge in [-0.25, -0.2) is 4.39 Å². The topological polar surface area (TPSA) is 30.5 Å². The van der Waals surface area contributed by atoms with Gasteiger partial charge in [0.25, 0.3) is 0 Å². The zero-order valence-corrected chi connectivity index (χ0v) is 18.9. The van der Waals surface area contributed by atoms with Crippen LogP contribution in [0.25, 0.3) is 0 Å². The number of nitrogens with one attached hydrogen (secondary N) is 1. The van der Waals surface area contributed by atoms with Crippen LogP contribution in [0.2, 0.25) is 0 Å². The molecule has 2 aromatic rings. The molecule has 3 nitrogen and oxygen atoms in total. The molecule has 0 spiro atoms. The van der Waals surface area contributed by atoms with E-state index < -0.39 is 6.17 Å². The van der Waals surface area contributed by atoms with E-state index in [2.05, 4.69) is 36.5 Å². The summed E-state index contributed by atoms with van der Waals surface area (Å²) in [6, 6.07) is 14.7. The molecule has 5 rings (SSSR count). The maximum Gasteiger partial charge on any atom is 0.141 e. The van der Waals surface area contributed by atoms with Gasteiger partial charge in [-0.2, -0.15) is 0 Å². The first-order valence-electron chi connectivity index (χ1n) is 11.7. The van der Waals surface area contributed by atoms with Crippen LogP contribution in [0.5, 0.6) is 11.5 Å². The Balaban J connectivity index is 1.44. The third kappa shape index (κ3) is 3.48. The highest BCUT2D eigenvalue weighted by Crippen LogP contribution is 2.60. The van der Waals surface area contributed by atoms with Crippen LogP contribution >= 0.6 is 0 Å². The third-order valence-corrected chi connectivity index (χ3v) is 8.61. The minimum atomic E-state index is -0.749. The lowest BCUT2D eigenvalue weighted by atomic mass is 9.49. The van der Waals surface area contributed by atoms with Gasteiger partial charge in [-0.1, -0.05) is 25.1 Å². The Labute approximate surface area is 185 Å². The molecule has 0 unspecified atom stereocenters. The number of benzene rings is 2. The molecule has 0 aliphatic heterocycles. The quantitative estimate of drug-likeness (QED) is 0.619. The standard InChI is InChI=1S/C27H34FNO2/c1-27-13-12-21-20-11-9-19(30-2)14-17(20)8-10-22(21)23(27)15-18(28)16-26(27)29-24-6-4-5-7-25(24)31-3/h4-7,9,11,14,18,21-23,26,29H,8,10,12-13,15-16H2,1-3H3/t18-,21+,22+,23-,26-,27-/m0/s1. The van der Waals surface area contributed by atoms with Gasteiger partial charge in [0.05, 0.1) is 19.9 Å². The number of aryl methyl sites for hydroxylation is 1. The summed E-state index contributed by atoms with van der Waals surface area (Å²) in [7, 11) is 3.43. The van der Waals surface area contributed by atoms with Crippen molar-refractivity contribution in [2.24, 2.45) is 17.3 Å². The molecule has 0 saturated heterocycles. The summed E-state index contributed by atoms with van der Waals surface area (Å²) in [5.41, 5.74) is 3.98. The van der Waals surface area contributed by atoms with E-state index in [1.54, 1.807) is 14.2 Å². The molecule has 1 N–H and O–H groups in total. The maximum atomic E-state index is 15.1. The van der Waals surface area contributed by atoms with Gasteiger partial charge in [0.1, 0.15) is 17.7 Å². The van der Waals surface area contributed by atoms with Crippen molar-refractivity contribution in [2.75, 3.05) is 19.5 Å². The lowest BCUT2D eigenvalue weighted by Gasteiger charge is -2.58. The first-order chi connectivity index (χ1) is 15.0. The van der Waals surface area contributed by atoms with Crippen LogP contribution in [-0.2, 0) is 6.42 Å². The number of fused-ring (bicyclic) bond motifs is 5. The van der Waals surface area contributed by atoms with Crippen LogP contribution in [0, 0.1) is 17.3 Å². The van der Waals surface area contributed by atoms with Crippen LogP contribution in [0.4, 0.5) is 10.1 Å². The first kappa shape index (κ1) is 20.7. The van der Waals surface area contributed by atoms with Crippen molar-refractivity contribution in [3.05, 3.63) is 53.6 Å². The SMILES string of the molecule is COc1ccc2c(c1)CC[C@@H]1[C@@H]2CC[C@]2(C)[C@@H](Nc3ccccc3OC)C[C@@H](F)C[C@@H]12. The second kappa shape index (κ2) is 8.03. The largest absolute Gasteiger partial charge is 0.497 e. The van der Waals surface area contributed by atoms with E-state index in [4.69, 9.17) is 9.47 Å². The van der Waals surface area contributed by atoms with E-state index in [0.717, 1.165) is 36.4 Å². The number of para-hydroxylation sites is 2.